The van der Waals surface area contributed by atoms with Crippen LogP contribution in [0.5, 0.6) is 0 Å². The summed E-state index contributed by atoms with van der Waals surface area (Å²) in [7, 11) is 1.92. The number of benzene rings is 1. The van der Waals surface area contributed by atoms with E-state index in [1.54, 1.807) is 0 Å². The van der Waals surface area contributed by atoms with Crippen LogP contribution in [0.3, 0.4) is 0 Å². The third-order valence-electron chi connectivity index (χ3n) is 2.94. The molecule has 1 atom stereocenters. The quantitative estimate of drug-likeness (QED) is 0.741. The van der Waals surface area contributed by atoms with Crippen LogP contribution in [-0.4, -0.2) is 24.3 Å². The number of nitrogens with one attached hydrogen (secondary N) is 1. The van der Waals surface area contributed by atoms with Crippen LogP contribution in [0, 0.1) is 0 Å². The molecule has 0 saturated carbocycles. The van der Waals surface area contributed by atoms with Crippen molar-refractivity contribution in [2.75, 3.05) is 13.6 Å². The third-order valence-corrected chi connectivity index (χ3v) is 2.94. The van der Waals surface area contributed by atoms with Crippen molar-refractivity contribution < 1.29 is 5.11 Å². The fourth-order valence-corrected chi connectivity index (χ4v) is 1.84. The molecule has 0 aliphatic rings. The largest absolute Gasteiger partial charge is 0.390 e. The normalized spacial score (nSPS) is 14.7. The van der Waals surface area contributed by atoms with Crippen molar-refractivity contribution in [3.8, 4) is 0 Å². The van der Waals surface area contributed by atoms with E-state index in [4.69, 9.17) is 0 Å². The van der Waals surface area contributed by atoms with Crippen LogP contribution in [0.25, 0.3) is 0 Å². The average molecular weight is 221 g/mol. The number of aliphatic hydroxyl groups is 1. The Labute approximate surface area is 98.7 Å². The van der Waals surface area contributed by atoms with E-state index in [0.29, 0.717) is 0 Å². The van der Waals surface area contributed by atoms with Gasteiger partial charge in [-0.05, 0) is 51.8 Å². The Kier molecular flexibility index (Phi) is 5.50. The fourth-order valence-electron chi connectivity index (χ4n) is 1.84. The zero-order chi connectivity index (χ0) is 11.9. The summed E-state index contributed by atoms with van der Waals surface area (Å²) in [5.41, 5.74) is 0.824. The molecule has 0 bridgehead atoms. The van der Waals surface area contributed by atoms with Gasteiger partial charge in [-0.1, -0.05) is 30.3 Å². The average Bonchev–Trinajstić information content (AvgIpc) is 2.28. The molecule has 0 spiro atoms. The molecule has 2 N–H and O–H groups in total. The highest BCUT2D eigenvalue weighted by molar-refractivity contribution is 5.14. The van der Waals surface area contributed by atoms with Crippen molar-refractivity contribution in [1.82, 2.24) is 5.32 Å². The molecular formula is C14H23NO. The topological polar surface area (TPSA) is 32.3 Å². The zero-order valence-electron chi connectivity index (χ0n) is 10.4. The minimum atomic E-state index is -0.530. The highest BCUT2D eigenvalue weighted by atomic mass is 16.3. The summed E-state index contributed by atoms with van der Waals surface area (Å²) in [5, 5.41) is 13.2. The maximum absolute atomic E-state index is 10.1. The Bertz CT molecular complexity index is 282. The monoisotopic (exact) mass is 221 g/mol. The van der Waals surface area contributed by atoms with Gasteiger partial charge < -0.3 is 10.4 Å². The predicted octanol–water partition coefficient (Wildman–Crippen LogP) is 2.37. The van der Waals surface area contributed by atoms with Gasteiger partial charge in [0.1, 0.15) is 0 Å². The maximum Gasteiger partial charge on any atom is 0.0632 e. The number of hydrogen-bond donors (Lipinski definition) is 2. The van der Waals surface area contributed by atoms with Crippen molar-refractivity contribution in [3.05, 3.63) is 35.9 Å². The highest BCUT2D eigenvalue weighted by Gasteiger charge is 2.18. The highest BCUT2D eigenvalue weighted by Crippen LogP contribution is 2.17. The molecule has 0 fully saturated rings. The summed E-state index contributed by atoms with van der Waals surface area (Å²) in [4.78, 5) is 0. The molecule has 1 aromatic rings. The SMILES string of the molecule is CNCCC(C)(O)CCCc1ccccc1. The molecular weight excluding hydrogens is 198 g/mol. The molecule has 1 aromatic carbocycles. The summed E-state index contributed by atoms with van der Waals surface area (Å²) in [6, 6.07) is 10.4. The van der Waals surface area contributed by atoms with Crippen LogP contribution in [0.4, 0.5) is 0 Å². The van der Waals surface area contributed by atoms with Gasteiger partial charge in [-0.3, -0.25) is 0 Å². The lowest BCUT2D eigenvalue weighted by molar-refractivity contribution is 0.0408. The lowest BCUT2D eigenvalue weighted by Gasteiger charge is -2.23. The number of hydrogen-bond acceptors (Lipinski definition) is 2. The summed E-state index contributed by atoms with van der Waals surface area (Å²) in [5.74, 6) is 0. The van der Waals surface area contributed by atoms with E-state index < -0.39 is 5.60 Å². The van der Waals surface area contributed by atoms with Crippen LogP contribution in [0.15, 0.2) is 30.3 Å². The third kappa shape index (κ3) is 5.29. The van der Waals surface area contributed by atoms with E-state index >= 15 is 0 Å². The molecule has 0 saturated heterocycles. The van der Waals surface area contributed by atoms with Crippen molar-refractivity contribution >= 4 is 0 Å². The molecule has 16 heavy (non-hydrogen) atoms. The summed E-state index contributed by atoms with van der Waals surface area (Å²) < 4.78 is 0. The summed E-state index contributed by atoms with van der Waals surface area (Å²) in [6.45, 7) is 2.80. The smallest absolute Gasteiger partial charge is 0.0632 e. The second kappa shape index (κ2) is 6.66. The fraction of sp³-hybridized carbons (Fsp3) is 0.571. The molecule has 0 heterocycles. The van der Waals surface area contributed by atoms with Gasteiger partial charge in [0, 0.05) is 0 Å². The van der Waals surface area contributed by atoms with Crippen molar-refractivity contribution in [3.63, 3.8) is 0 Å². The summed E-state index contributed by atoms with van der Waals surface area (Å²) in [6.07, 6.45) is 3.78. The standard InChI is InChI=1S/C14H23NO/c1-14(16,11-12-15-2)10-6-9-13-7-4-3-5-8-13/h3-5,7-8,15-16H,6,9-12H2,1-2H3. The predicted molar refractivity (Wildman–Crippen MR) is 68.5 cm³/mol. The van der Waals surface area contributed by atoms with Gasteiger partial charge in [0.2, 0.25) is 0 Å². The molecule has 1 unspecified atom stereocenters. The maximum atomic E-state index is 10.1. The number of rotatable bonds is 7. The van der Waals surface area contributed by atoms with Crippen LogP contribution >= 0.6 is 0 Å². The van der Waals surface area contributed by atoms with Gasteiger partial charge in [0.25, 0.3) is 0 Å². The molecule has 2 heteroatoms. The van der Waals surface area contributed by atoms with E-state index in [9.17, 15) is 5.11 Å². The Morgan fingerprint density at radius 1 is 1.19 bits per heavy atom. The molecule has 0 radical (unpaired) electrons. The molecule has 1 rings (SSSR count). The number of aryl methyl sites for hydroxylation is 1. The van der Waals surface area contributed by atoms with E-state index in [-0.39, 0.29) is 0 Å². The summed E-state index contributed by atoms with van der Waals surface area (Å²) >= 11 is 0. The lowest BCUT2D eigenvalue weighted by Crippen LogP contribution is -2.28. The van der Waals surface area contributed by atoms with E-state index in [1.807, 2.05) is 20.0 Å². The van der Waals surface area contributed by atoms with Crippen LogP contribution in [0.1, 0.15) is 31.7 Å². The van der Waals surface area contributed by atoms with E-state index in [1.165, 1.54) is 5.56 Å². The first-order valence-electron chi connectivity index (χ1n) is 6.05. The second-order valence-electron chi connectivity index (χ2n) is 4.69. The Morgan fingerprint density at radius 3 is 2.50 bits per heavy atom. The van der Waals surface area contributed by atoms with Gasteiger partial charge in [-0.2, -0.15) is 0 Å². The van der Waals surface area contributed by atoms with Crippen LogP contribution < -0.4 is 5.32 Å². The van der Waals surface area contributed by atoms with Gasteiger partial charge in [-0.15, -0.1) is 0 Å². The van der Waals surface area contributed by atoms with Gasteiger partial charge in [0.05, 0.1) is 5.60 Å². The van der Waals surface area contributed by atoms with E-state index in [2.05, 4.69) is 29.6 Å². The molecule has 2 nitrogen and oxygen atoms in total. The molecule has 90 valence electrons. The van der Waals surface area contributed by atoms with Crippen molar-refractivity contribution in [2.24, 2.45) is 0 Å². The molecule has 0 aliphatic carbocycles. The Balaban J connectivity index is 2.24. The Hall–Kier alpha value is -0.860. The van der Waals surface area contributed by atoms with E-state index in [0.717, 1.165) is 32.2 Å². The van der Waals surface area contributed by atoms with Gasteiger partial charge in [-0.25, -0.2) is 0 Å². The van der Waals surface area contributed by atoms with Crippen molar-refractivity contribution in [2.45, 2.75) is 38.2 Å². The van der Waals surface area contributed by atoms with Crippen molar-refractivity contribution in [1.29, 1.82) is 0 Å². The Morgan fingerprint density at radius 2 is 1.88 bits per heavy atom. The lowest BCUT2D eigenvalue weighted by atomic mass is 9.94. The molecule has 0 amide bonds. The van der Waals surface area contributed by atoms with Crippen LogP contribution in [0.2, 0.25) is 0 Å². The first kappa shape index (κ1) is 13.2. The van der Waals surface area contributed by atoms with Gasteiger partial charge >= 0.3 is 0 Å². The molecule has 0 aliphatic heterocycles. The minimum absolute atomic E-state index is 0.530. The minimum Gasteiger partial charge on any atom is -0.390 e. The van der Waals surface area contributed by atoms with Gasteiger partial charge in [0.15, 0.2) is 0 Å². The van der Waals surface area contributed by atoms with Crippen LogP contribution in [-0.2, 0) is 6.42 Å². The zero-order valence-corrected chi connectivity index (χ0v) is 10.4. The second-order valence-corrected chi connectivity index (χ2v) is 4.69. The first-order chi connectivity index (χ1) is 7.64. The molecule has 0 aromatic heterocycles. The first-order valence-corrected chi connectivity index (χ1v) is 6.05.